The summed E-state index contributed by atoms with van der Waals surface area (Å²) in [6, 6.07) is 1.31. The molecule has 2 heteroatoms. The van der Waals surface area contributed by atoms with Gasteiger partial charge in [0.1, 0.15) is 0 Å². The Morgan fingerprint density at radius 1 is 1.35 bits per heavy atom. The fraction of sp³-hybridized carbons (Fsp3) is 0.867. The first kappa shape index (κ1) is 14.7. The van der Waals surface area contributed by atoms with Gasteiger partial charge < -0.3 is 5.32 Å². The lowest BCUT2D eigenvalue weighted by molar-refractivity contribution is 0.0649. The molecule has 2 nitrogen and oxygen atoms in total. The van der Waals surface area contributed by atoms with Crippen LogP contribution < -0.4 is 5.32 Å². The first-order chi connectivity index (χ1) is 7.84. The number of nitrogens with one attached hydrogen (secondary N) is 1. The van der Waals surface area contributed by atoms with Crippen LogP contribution in [0.15, 0.2) is 11.6 Å². The third-order valence-corrected chi connectivity index (χ3v) is 3.72. The molecule has 17 heavy (non-hydrogen) atoms. The topological polar surface area (TPSA) is 15.3 Å². The molecule has 2 atom stereocenters. The molecule has 0 aliphatic carbocycles. The number of piperazine rings is 1. The van der Waals surface area contributed by atoms with Crippen LogP contribution in [0.3, 0.4) is 0 Å². The highest BCUT2D eigenvalue weighted by Gasteiger charge is 2.34. The van der Waals surface area contributed by atoms with Crippen LogP contribution in [0.5, 0.6) is 0 Å². The van der Waals surface area contributed by atoms with E-state index in [-0.39, 0.29) is 0 Å². The molecule has 100 valence electrons. The minimum absolute atomic E-state index is 0.348. The standard InChI is InChI=1S/C15H30N2/c1-7-13-11-17(9-8-12(2)3)14(10-16-13)15(4,5)6/h8,13-14,16H,7,9-11H2,1-6H3. The van der Waals surface area contributed by atoms with E-state index in [1.165, 1.54) is 18.5 Å². The number of hydrogen-bond donors (Lipinski definition) is 1. The summed E-state index contributed by atoms with van der Waals surface area (Å²) in [5.41, 5.74) is 1.77. The normalized spacial score (nSPS) is 26.9. The Kier molecular flexibility index (Phi) is 5.21. The van der Waals surface area contributed by atoms with Gasteiger partial charge in [-0.1, -0.05) is 39.3 Å². The van der Waals surface area contributed by atoms with Crippen molar-refractivity contribution >= 4 is 0 Å². The van der Waals surface area contributed by atoms with Gasteiger partial charge in [0.05, 0.1) is 0 Å². The molecule has 0 aromatic heterocycles. The third-order valence-electron chi connectivity index (χ3n) is 3.72. The lowest BCUT2D eigenvalue weighted by Crippen LogP contribution is -2.60. The summed E-state index contributed by atoms with van der Waals surface area (Å²) < 4.78 is 0. The average molecular weight is 238 g/mol. The van der Waals surface area contributed by atoms with Gasteiger partial charge in [0.2, 0.25) is 0 Å². The Bertz CT molecular complexity index is 259. The molecule has 0 aromatic rings. The fourth-order valence-corrected chi connectivity index (χ4v) is 2.51. The Morgan fingerprint density at radius 2 is 2.00 bits per heavy atom. The van der Waals surface area contributed by atoms with E-state index in [2.05, 4.69) is 57.8 Å². The maximum atomic E-state index is 3.68. The summed E-state index contributed by atoms with van der Waals surface area (Å²) in [7, 11) is 0. The second-order valence-corrected chi connectivity index (χ2v) is 6.63. The van der Waals surface area contributed by atoms with Gasteiger partial charge in [0, 0.05) is 31.7 Å². The molecule has 1 aliphatic rings. The van der Waals surface area contributed by atoms with E-state index in [4.69, 9.17) is 0 Å². The molecule has 1 aliphatic heterocycles. The van der Waals surface area contributed by atoms with Crippen LogP contribution in [0.1, 0.15) is 48.0 Å². The maximum Gasteiger partial charge on any atom is 0.0273 e. The molecule has 1 saturated heterocycles. The minimum Gasteiger partial charge on any atom is -0.311 e. The Morgan fingerprint density at radius 3 is 2.47 bits per heavy atom. The van der Waals surface area contributed by atoms with Crippen LogP contribution in [-0.2, 0) is 0 Å². The Labute approximate surface area is 107 Å². The van der Waals surface area contributed by atoms with Crippen LogP contribution in [0, 0.1) is 5.41 Å². The van der Waals surface area contributed by atoms with Gasteiger partial charge in [-0.05, 0) is 25.7 Å². The highest BCUT2D eigenvalue weighted by atomic mass is 15.2. The van der Waals surface area contributed by atoms with Gasteiger partial charge in [0.25, 0.3) is 0 Å². The summed E-state index contributed by atoms with van der Waals surface area (Å²) >= 11 is 0. The average Bonchev–Trinajstić information content (AvgIpc) is 2.24. The highest BCUT2D eigenvalue weighted by molar-refractivity contribution is 4.99. The van der Waals surface area contributed by atoms with Crippen molar-refractivity contribution in [3.05, 3.63) is 11.6 Å². The molecule has 1 heterocycles. The molecule has 1 fully saturated rings. The van der Waals surface area contributed by atoms with Crippen LogP contribution in [0.2, 0.25) is 0 Å². The van der Waals surface area contributed by atoms with Gasteiger partial charge in [-0.25, -0.2) is 0 Å². The van der Waals surface area contributed by atoms with E-state index in [9.17, 15) is 0 Å². The van der Waals surface area contributed by atoms with Crippen LogP contribution in [-0.4, -0.2) is 36.6 Å². The van der Waals surface area contributed by atoms with E-state index in [1.807, 2.05) is 0 Å². The predicted molar refractivity (Wildman–Crippen MR) is 76.3 cm³/mol. The number of allylic oxidation sites excluding steroid dienone is 1. The van der Waals surface area contributed by atoms with Gasteiger partial charge in [-0.2, -0.15) is 0 Å². The molecule has 1 rings (SSSR count). The quantitative estimate of drug-likeness (QED) is 0.760. The van der Waals surface area contributed by atoms with Crippen molar-refractivity contribution in [2.75, 3.05) is 19.6 Å². The third kappa shape index (κ3) is 4.44. The van der Waals surface area contributed by atoms with Crippen molar-refractivity contribution in [1.82, 2.24) is 10.2 Å². The number of nitrogens with zero attached hydrogens (tertiary/aromatic N) is 1. The summed E-state index contributed by atoms with van der Waals surface area (Å²) in [6.07, 6.45) is 3.58. The predicted octanol–water partition coefficient (Wildman–Crippen LogP) is 3.05. The number of rotatable bonds is 3. The van der Waals surface area contributed by atoms with Crippen molar-refractivity contribution in [3.63, 3.8) is 0 Å². The van der Waals surface area contributed by atoms with Gasteiger partial charge in [-0.15, -0.1) is 0 Å². The van der Waals surface area contributed by atoms with Crippen LogP contribution in [0.25, 0.3) is 0 Å². The molecule has 0 spiro atoms. The second-order valence-electron chi connectivity index (χ2n) is 6.63. The van der Waals surface area contributed by atoms with Crippen molar-refractivity contribution < 1.29 is 0 Å². The van der Waals surface area contributed by atoms with E-state index in [1.54, 1.807) is 0 Å². The Balaban J connectivity index is 2.71. The van der Waals surface area contributed by atoms with Gasteiger partial charge in [-0.3, -0.25) is 4.90 Å². The Hall–Kier alpha value is -0.340. The first-order valence-electron chi connectivity index (χ1n) is 6.95. The molecule has 0 bridgehead atoms. The zero-order chi connectivity index (χ0) is 13.1. The van der Waals surface area contributed by atoms with E-state index < -0.39 is 0 Å². The molecule has 0 radical (unpaired) electrons. The van der Waals surface area contributed by atoms with Crippen molar-refractivity contribution in [1.29, 1.82) is 0 Å². The molecule has 0 saturated carbocycles. The molecule has 2 unspecified atom stereocenters. The maximum absolute atomic E-state index is 3.68. The number of hydrogen-bond acceptors (Lipinski definition) is 2. The van der Waals surface area contributed by atoms with Crippen molar-refractivity contribution in [2.24, 2.45) is 5.41 Å². The molecular formula is C15H30N2. The van der Waals surface area contributed by atoms with Crippen molar-refractivity contribution in [2.45, 2.75) is 60.0 Å². The van der Waals surface area contributed by atoms with E-state index in [0.29, 0.717) is 17.5 Å². The van der Waals surface area contributed by atoms with Crippen LogP contribution in [0.4, 0.5) is 0 Å². The molecule has 0 aromatic carbocycles. The summed E-state index contributed by atoms with van der Waals surface area (Å²) in [5, 5.41) is 3.68. The molecular weight excluding hydrogens is 208 g/mol. The molecule has 1 N–H and O–H groups in total. The first-order valence-corrected chi connectivity index (χ1v) is 6.95. The monoisotopic (exact) mass is 238 g/mol. The van der Waals surface area contributed by atoms with Gasteiger partial charge >= 0.3 is 0 Å². The minimum atomic E-state index is 0.348. The summed E-state index contributed by atoms with van der Waals surface area (Å²) in [4.78, 5) is 2.65. The van der Waals surface area contributed by atoms with E-state index >= 15 is 0 Å². The summed E-state index contributed by atoms with van der Waals surface area (Å²) in [6.45, 7) is 17.1. The lowest BCUT2D eigenvalue weighted by Gasteiger charge is -2.46. The largest absolute Gasteiger partial charge is 0.311 e. The van der Waals surface area contributed by atoms with E-state index in [0.717, 1.165) is 13.1 Å². The lowest BCUT2D eigenvalue weighted by atomic mass is 9.83. The van der Waals surface area contributed by atoms with Crippen LogP contribution >= 0.6 is 0 Å². The smallest absolute Gasteiger partial charge is 0.0273 e. The van der Waals surface area contributed by atoms with Gasteiger partial charge in [0.15, 0.2) is 0 Å². The SMILES string of the molecule is CCC1CN(CC=C(C)C)C(C(C)(C)C)CN1. The zero-order valence-corrected chi connectivity index (χ0v) is 12.5. The highest BCUT2D eigenvalue weighted by Crippen LogP contribution is 2.26. The fourth-order valence-electron chi connectivity index (χ4n) is 2.51. The second kappa shape index (κ2) is 6.01. The molecule has 0 amide bonds. The van der Waals surface area contributed by atoms with Crippen molar-refractivity contribution in [3.8, 4) is 0 Å². The zero-order valence-electron chi connectivity index (χ0n) is 12.5. The summed E-state index contributed by atoms with van der Waals surface area (Å²) in [5.74, 6) is 0.